The van der Waals surface area contributed by atoms with Crippen LogP contribution in [0.1, 0.15) is 34.5 Å². The molecule has 1 aliphatic heterocycles. The lowest BCUT2D eigenvalue weighted by atomic mass is 10.1. The summed E-state index contributed by atoms with van der Waals surface area (Å²) in [5.41, 5.74) is 5.23. The molecule has 1 aromatic carbocycles. The minimum atomic E-state index is -0.146. The Hall–Kier alpha value is -1.92. The number of hydrogen-bond acceptors (Lipinski definition) is 4. The average molecular weight is 344 g/mol. The van der Waals surface area contributed by atoms with E-state index in [9.17, 15) is 4.79 Å². The van der Waals surface area contributed by atoms with Gasteiger partial charge in [0.15, 0.2) is 0 Å². The van der Waals surface area contributed by atoms with E-state index in [-0.39, 0.29) is 6.03 Å². The van der Waals surface area contributed by atoms with Gasteiger partial charge in [-0.3, -0.25) is 4.90 Å². The van der Waals surface area contributed by atoms with E-state index in [1.165, 1.54) is 31.5 Å². The monoisotopic (exact) mass is 344 g/mol. The lowest BCUT2D eigenvalue weighted by Gasteiger charge is -2.15. The third-order valence-corrected chi connectivity index (χ3v) is 5.24. The molecule has 0 unspecified atom stereocenters. The minimum Gasteiger partial charge on any atom is -0.334 e. The van der Waals surface area contributed by atoms with Gasteiger partial charge in [-0.05, 0) is 44.0 Å². The van der Waals surface area contributed by atoms with Crippen LogP contribution in [-0.2, 0) is 19.6 Å². The summed E-state index contributed by atoms with van der Waals surface area (Å²) in [6.45, 7) is 6.42. The van der Waals surface area contributed by atoms with E-state index in [0.29, 0.717) is 13.1 Å². The Morgan fingerprint density at radius 2 is 1.96 bits per heavy atom. The van der Waals surface area contributed by atoms with Crippen LogP contribution in [0.5, 0.6) is 0 Å². The molecule has 0 bridgehead atoms. The standard InChI is InChI=1S/C18H24N4OS/c1-14-17(24-13-21-14)11-20-18(23)19-10-15-5-4-6-16(9-15)12-22-7-2-3-8-22/h4-6,9,13H,2-3,7-8,10-12H2,1H3,(H2,19,20,23). The Balaban J connectivity index is 1.45. The summed E-state index contributed by atoms with van der Waals surface area (Å²) >= 11 is 1.56. The van der Waals surface area contributed by atoms with Crippen LogP contribution < -0.4 is 10.6 Å². The lowest BCUT2D eigenvalue weighted by molar-refractivity contribution is 0.240. The second kappa shape index (κ2) is 8.26. The summed E-state index contributed by atoms with van der Waals surface area (Å²) in [7, 11) is 0. The SMILES string of the molecule is Cc1ncsc1CNC(=O)NCc1cccc(CN2CCCC2)c1. The fourth-order valence-electron chi connectivity index (χ4n) is 2.94. The highest BCUT2D eigenvalue weighted by molar-refractivity contribution is 7.09. The van der Waals surface area contributed by atoms with E-state index < -0.39 is 0 Å². The number of likely N-dealkylation sites (tertiary alicyclic amines) is 1. The maximum atomic E-state index is 11.9. The van der Waals surface area contributed by atoms with E-state index >= 15 is 0 Å². The highest BCUT2D eigenvalue weighted by Crippen LogP contribution is 2.14. The molecule has 2 N–H and O–H groups in total. The van der Waals surface area contributed by atoms with E-state index in [1.807, 2.05) is 6.92 Å². The summed E-state index contributed by atoms with van der Waals surface area (Å²) in [6.07, 6.45) is 2.61. The number of carbonyl (C=O) groups excluding carboxylic acids is 1. The van der Waals surface area contributed by atoms with Crippen molar-refractivity contribution in [3.05, 3.63) is 51.5 Å². The molecular formula is C18H24N4OS. The number of nitrogens with one attached hydrogen (secondary N) is 2. The van der Waals surface area contributed by atoms with Gasteiger partial charge >= 0.3 is 6.03 Å². The van der Waals surface area contributed by atoms with E-state index in [2.05, 4.69) is 44.8 Å². The highest BCUT2D eigenvalue weighted by Gasteiger charge is 2.11. The van der Waals surface area contributed by atoms with Crippen LogP contribution in [0.4, 0.5) is 4.79 Å². The van der Waals surface area contributed by atoms with Gasteiger partial charge in [-0.2, -0.15) is 0 Å². The maximum absolute atomic E-state index is 11.9. The van der Waals surface area contributed by atoms with Crippen LogP contribution in [0, 0.1) is 6.92 Å². The number of carbonyl (C=O) groups is 1. The van der Waals surface area contributed by atoms with Gasteiger partial charge in [0.05, 0.1) is 17.7 Å². The number of benzene rings is 1. The summed E-state index contributed by atoms with van der Waals surface area (Å²) in [4.78, 5) is 19.7. The first-order valence-corrected chi connectivity index (χ1v) is 9.29. The summed E-state index contributed by atoms with van der Waals surface area (Å²) in [5, 5.41) is 5.80. The molecule has 2 aromatic rings. The van der Waals surface area contributed by atoms with Crippen molar-refractivity contribution in [2.24, 2.45) is 0 Å². The van der Waals surface area contributed by atoms with Crippen LogP contribution in [0.25, 0.3) is 0 Å². The number of nitrogens with zero attached hydrogens (tertiary/aromatic N) is 2. The van der Waals surface area contributed by atoms with Gasteiger partial charge in [0.25, 0.3) is 0 Å². The fourth-order valence-corrected chi connectivity index (χ4v) is 3.66. The van der Waals surface area contributed by atoms with E-state index in [4.69, 9.17) is 0 Å². The predicted octanol–water partition coefficient (Wildman–Crippen LogP) is 3.05. The second-order valence-corrected chi connectivity index (χ2v) is 7.14. The Kier molecular flexibility index (Phi) is 5.82. The molecule has 1 aromatic heterocycles. The molecule has 1 saturated heterocycles. The first kappa shape index (κ1) is 16.9. The number of rotatable bonds is 6. The van der Waals surface area contributed by atoms with E-state index in [1.54, 1.807) is 16.8 Å². The third kappa shape index (κ3) is 4.79. The normalized spacial score (nSPS) is 14.7. The van der Waals surface area contributed by atoms with Gasteiger partial charge in [-0.25, -0.2) is 9.78 Å². The van der Waals surface area contributed by atoms with Gasteiger partial charge < -0.3 is 10.6 Å². The first-order valence-electron chi connectivity index (χ1n) is 8.41. The van der Waals surface area contributed by atoms with Crippen molar-refractivity contribution in [1.29, 1.82) is 0 Å². The van der Waals surface area contributed by atoms with E-state index in [0.717, 1.165) is 22.7 Å². The van der Waals surface area contributed by atoms with Gasteiger partial charge in [-0.1, -0.05) is 24.3 Å². The number of urea groups is 1. The lowest BCUT2D eigenvalue weighted by Crippen LogP contribution is -2.34. The van der Waals surface area contributed by atoms with Crippen LogP contribution >= 0.6 is 11.3 Å². The Bertz CT molecular complexity index is 679. The molecule has 3 rings (SSSR count). The molecule has 6 heteroatoms. The Labute approximate surface area is 147 Å². The number of aromatic nitrogens is 1. The molecule has 0 atom stereocenters. The zero-order valence-electron chi connectivity index (χ0n) is 14.0. The quantitative estimate of drug-likeness (QED) is 0.847. The molecule has 24 heavy (non-hydrogen) atoms. The van der Waals surface area contributed by atoms with Crippen molar-refractivity contribution in [2.45, 2.75) is 39.4 Å². The van der Waals surface area contributed by atoms with Crippen molar-refractivity contribution in [3.63, 3.8) is 0 Å². The molecule has 2 amide bonds. The molecule has 0 radical (unpaired) electrons. The second-order valence-electron chi connectivity index (χ2n) is 6.20. The van der Waals surface area contributed by atoms with Crippen molar-refractivity contribution in [1.82, 2.24) is 20.5 Å². The summed E-state index contributed by atoms with van der Waals surface area (Å²) in [6, 6.07) is 8.33. The van der Waals surface area contributed by atoms with Crippen molar-refractivity contribution < 1.29 is 4.79 Å². The molecule has 0 spiro atoms. The number of amides is 2. The van der Waals surface area contributed by atoms with Crippen LogP contribution in [-0.4, -0.2) is 29.0 Å². The molecule has 2 heterocycles. The molecule has 128 valence electrons. The van der Waals surface area contributed by atoms with Crippen LogP contribution in [0.15, 0.2) is 29.8 Å². The third-order valence-electron chi connectivity index (χ3n) is 4.30. The van der Waals surface area contributed by atoms with Gasteiger partial charge in [-0.15, -0.1) is 11.3 Å². The van der Waals surface area contributed by atoms with Gasteiger partial charge in [0.1, 0.15) is 0 Å². The largest absolute Gasteiger partial charge is 0.334 e. The van der Waals surface area contributed by atoms with Crippen molar-refractivity contribution in [3.8, 4) is 0 Å². The molecule has 0 saturated carbocycles. The maximum Gasteiger partial charge on any atom is 0.315 e. The zero-order chi connectivity index (χ0) is 16.8. The molecule has 1 aliphatic rings. The Morgan fingerprint density at radius 3 is 2.71 bits per heavy atom. The average Bonchev–Trinajstić information content (AvgIpc) is 3.23. The zero-order valence-corrected chi connectivity index (χ0v) is 14.9. The first-order chi connectivity index (χ1) is 11.7. The number of hydrogen-bond donors (Lipinski definition) is 2. The topological polar surface area (TPSA) is 57.3 Å². The summed E-state index contributed by atoms with van der Waals surface area (Å²) in [5.74, 6) is 0. The molecular weight excluding hydrogens is 320 g/mol. The van der Waals surface area contributed by atoms with Crippen LogP contribution in [0.2, 0.25) is 0 Å². The smallest absolute Gasteiger partial charge is 0.315 e. The number of aryl methyl sites for hydroxylation is 1. The molecule has 1 fully saturated rings. The highest BCUT2D eigenvalue weighted by atomic mass is 32.1. The van der Waals surface area contributed by atoms with Crippen molar-refractivity contribution >= 4 is 17.4 Å². The summed E-state index contributed by atoms with van der Waals surface area (Å²) < 4.78 is 0. The fraction of sp³-hybridized carbons (Fsp3) is 0.444. The van der Waals surface area contributed by atoms with Crippen LogP contribution in [0.3, 0.4) is 0 Å². The van der Waals surface area contributed by atoms with Gasteiger partial charge in [0.2, 0.25) is 0 Å². The predicted molar refractivity (Wildman–Crippen MR) is 96.9 cm³/mol. The molecule has 0 aliphatic carbocycles. The van der Waals surface area contributed by atoms with Crippen molar-refractivity contribution in [2.75, 3.05) is 13.1 Å². The molecule has 5 nitrogen and oxygen atoms in total. The number of thiazole rings is 1. The Morgan fingerprint density at radius 1 is 1.21 bits per heavy atom. The minimum absolute atomic E-state index is 0.146. The van der Waals surface area contributed by atoms with Gasteiger partial charge in [0, 0.05) is 18.0 Å².